The van der Waals surface area contributed by atoms with E-state index in [1.54, 1.807) is 30.6 Å². The number of carbonyl (C=O) groups excluding carboxylic acids is 1. The van der Waals surface area contributed by atoms with Gasteiger partial charge in [-0.05, 0) is 52.9 Å². The predicted molar refractivity (Wildman–Crippen MR) is 64.6 cm³/mol. The molecule has 0 aliphatic heterocycles. The van der Waals surface area contributed by atoms with Gasteiger partial charge in [-0.15, -0.1) is 0 Å². The monoisotopic (exact) mass is 310 g/mol. The fourth-order valence-electron chi connectivity index (χ4n) is 1.15. The third kappa shape index (κ3) is 2.38. The Labute approximate surface area is 101 Å². The summed E-state index contributed by atoms with van der Waals surface area (Å²) in [5.41, 5.74) is 0.613. The van der Waals surface area contributed by atoms with Gasteiger partial charge in [0.05, 0.1) is 0 Å². The zero-order chi connectivity index (χ0) is 10.7. The van der Waals surface area contributed by atoms with Crippen molar-refractivity contribution in [1.29, 1.82) is 0 Å². The van der Waals surface area contributed by atoms with Crippen LogP contribution in [0.15, 0.2) is 42.7 Å². The molecule has 0 atom stereocenters. The van der Waals surface area contributed by atoms with Crippen LogP contribution in [0.5, 0.6) is 0 Å². The van der Waals surface area contributed by atoms with Crippen LogP contribution in [0.25, 0.3) is 0 Å². The summed E-state index contributed by atoms with van der Waals surface area (Å²) in [6.45, 7) is 0. The number of halogens is 1. The second-order valence-electron chi connectivity index (χ2n) is 2.91. The molecule has 0 bridgehead atoms. The molecule has 0 saturated carbocycles. The molecule has 0 aliphatic rings. The smallest absolute Gasteiger partial charge is 0.230 e. The summed E-state index contributed by atoms with van der Waals surface area (Å²) in [5.74, 6) is 0.0886. The van der Waals surface area contributed by atoms with Crippen LogP contribution in [0.4, 0.5) is 0 Å². The first-order valence-corrected chi connectivity index (χ1v) is 5.42. The molecule has 4 heteroatoms. The van der Waals surface area contributed by atoms with Gasteiger partial charge >= 0.3 is 0 Å². The quantitative estimate of drug-likeness (QED) is 0.631. The fraction of sp³-hybridized carbons (Fsp3) is 0. The van der Waals surface area contributed by atoms with Crippen LogP contribution in [-0.2, 0) is 0 Å². The lowest BCUT2D eigenvalue weighted by Crippen LogP contribution is -2.05. The Bertz CT molecular complexity index is 468. The molecule has 1 aromatic heterocycles. The lowest BCUT2D eigenvalue weighted by Gasteiger charge is -1.98. The molecule has 0 aliphatic carbocycles. The fourth-order valence-corrected chi connectivity index (χ4v) is 1.51. The number of carbonyl (C=O) groups is 1. The topological polar surface area (TPSA) is 42.9 Å². The first-order valence-electron chi connectivity index (χ1n) is 4.34. The summed E-state index contributed by atoms with van der Waals surface area (Å²) in [6, 6.07) is 9.01. The van der Waals surface area contributed by atoms with Gasteiger partial charge in [-0.25, -0.2) is 9.97 Å². The minimum Gasteiger partial charge on any atom is -0.285 e. The number of hydrogen-bond acceptors (Lipinski definition) is 3. The lowest BCUT2D eigenvalue weighted by atomic mass is 10.1. The van der Waals surface area contributed by atoms with E-state index in [9.17, 15) is 4.79 Å². The van der Waals surface area contributed by atoms with Gasteiger partial charge in [0.15, 0.2) is 0 Å². The molecular formula is C11H7IN2O. The van der Waals surface area contributed by atoms with Gasteiger partial charge in [0.1, 0.15) is 0 Å². The van der Waals surface area contributed by atoms with Crippen LogP contribution >= 0.6 is 22.6 Å². The van der Waals surface area contributed by atoms with Crippen LogP contribution in [0.2, 0.25) is 0 Å². The van der Waals surface area contributed by atoms with Crippen molar-refractivity contribution in [2.75, 3.05) is 0 Å². The number of benzene rings is 1. The number of rotatable bonds is 2. The molecule has 74 valence electrons. The highest BCUT2D eigenvalue weighted by atomic mass is 127. The van der Waals surface area contributed by atoms with Gasteiger partial charge in [0, 0.05) is 21.5 Å². The summed E-state index contributed by atoms with van der Waals surface area (Å²) in [4.78, 5) is 19.7. The molecule has 15 heavy (non-hydrogen) atoms. The van der Waals surface area contributed by atoms with Crippen molar-refractivity contribution < 1.29 is 4.79 Å². The molecule has 0 fully saturated rings. The Hall–Kier alpha value is -1.30. The predicted octanol–water partition coefficient (Wildman–Crippen LogP) is 2.31. The molecule has 0 N–H and O–H groups in total. The number of nitrogens with zero attached hydrogens (tertiary/aromatic N) is 2. The van der Waals surface area contributed by atoms with Crippen molar-refractivity contribution in [3.05, 3.63) is 57.7 Å². The van der Waals surface area contributed by atoms with Crippen LogP contribution in [0, 0.1) is 3.57 Å². The van der Waals surface area contributed by atoms with E-state index in [1.165, 1.54) is 0 Å². The van der Waals surface area contributed by atoms with E-state index in [-0.39, 0.29) is 11.6 Å². The molecule has 0 saturated heterocycles. The van der Waals surface area contributed by atoms with E-state index in [2.05, 4.69) is 32.6 Å². The van der Waals surface area contributed by atoms with Gasteiger partial charge in [-0.3, -0.25) is 4.79 Å². The van der Waals surface area contributed by atoms with E-state index >= 15 is 0 Å². The Morgan fingerprint density at radius 3 is 2.27 bits per heavy atom. The van der Waals surface area contributed by atoms with E-state index < -0.39 is 0 Å². The van der Waals surface area contributed by atoms with E-state index in [4.69, 9.17) is 0 Å². The van der Waals surface area contributed by atoms with E-state index in [1.807, 2.05) is 12.1 Å². The Morgan fingerprint density at radius 1 is 1.07 bits per heavy atom. The lowest BCUT2D eigenvalue weighted by molar-refractivity contribution is 0.102. The highest BCUT2D eigenvalue weighted by molar-refractivity contribution is 14.1. The molecule has 3 nitrogen and oxygen atoms in total. The maximum atomic E-state index is 11.8. The molecule has 0 spiro atoms. The number of aromatic nitrogens is 2. The van der Waals surface area contributed by atoms with Gasteiger partial charge in [0.25, 0.3) is 0 Å². The first-order chi connectivity index (χ1) is 7.27. The van der Waals surface area contributed by atoms with Crippen molar-refractivity contribution in [3.63, 3.8) is 0 Å². The van der Waals surface area contributed by atoms with Crippen molar-refractivity contribution >= 4 is 28.4 Å². The molecule has 1 aromatic carbocycles. The summed E-state index contributed by atoms with van der Waals surface area (Å²) in [5, 5.41) is 0. The molecular weight excluding hydrogens is 303 g/mol. The highest BCUT2D eigenvalue weighted by Crippen LogP contribution is 2.09. The van der Waals surface area contributed by atoms with Gasteiger partial charge < -0.3 is 0 Å². The third-order valence-corrected chi connectivity index (χ3v) is 2.59. The molecule has 0 amide bonds. The third-order valence-electron chi connectivity index (χ3n) is 1.88. The first kappa shape index (κ1) is 10.2. The zero-order valence-electron chi connectivity index (χ0n) is 7.72. The van der Waals surface area contributed by atoms with Crippen molar-refractivity contribution in [3.8, 4) is 0 Å². The SMILES string of the molecule is O=C(c1ccc(I)cc1)c1ncccn1. The van der Waals surface area contributed by atoms with Crippen molar-refractivity contribution in [2.45, 2.75) is 0 Å². The molecule has 2 rings (SSSR count). The van der Waals surface area contributed by atoms with E-state index in [0.29, 0.717) is 5.56 Å². The summed E-state index contributed by atoms with van der Waals surface area (Å²) >= 11 is 2.19. The Balaban J connectivity index is 2.33. The average molecular weight is 310 g/mol. The Kier molecular flexibility index (Phi) is 3.05. The second kappa shape index (κ2) is 4.48. The van der Waals surface area contributed by atoms with Crippen molar-refractivity contribution in [1.82, 2.24) is 9.97 Å². The summed E-state index contributed by atoms with van der Waals surface area (Å²) in [7, 11) is 0. The standard InChI is InChI=1S/C11H7IN2O/c12-9-4-2-8(3-5-9)10(15)11-13-6-1-7-14-11/h1-7H. The number of hydrogen-bond donors (Lipinski definition) is 0. The normalized spacial score (nSPS) is 9.93. The second-order valence-corrected chi connectivity index (χ2v) is 4.15. The molecule has 2 aromatic rings. The molecule has 0 radical (unpaired) electrons. The zero-order valence-corrected chi connectivity index (χ0v) is 9.88. The van der Waals surface area contributed by atoms with E-state index in [0.717, 1.165) is 3.57 Å². The minimum absolute atomic E-state index is 0.146. The summed E-state index contributed by atoms with van der Waals surface area (Å²) in [6.07, 6.45) is 3.12. The van der Waals surface area contributed by atoms with Gasteiger partial charge in [0.2, 0.25) is 11.6 Å². The van der Waals surface area contributed by atoms with Gasteiger partial charge in [-0.1, -0.05) is 0 Å². The van der Waals surface area contributed by atoms with Crippen LogP contribution in [0.3, 0.4) is 0 Å². The number of ketones is 1. The van der Waals surface area contributed by atoms with Crippen LogP contribution < -0.4 is 0 Å². The average Bonchev–Trinajstić information content (AvgIpc) is 2.30. The maximum absolute atomic E-state index is 11.8. The summed E-state index contributed by atoms with van der Waals surface area (Å²) < 4.78 is 1.10. The molecule has 1 heterocycles. The Morgan fingerprint density at radius 2 is 1.67 bits per heavy atom. The van der Waals surface area contributed by atoms with Crippen LogP contribution in [0.1, 0.15) is 16.2 Å². The minimum atomic E-state index is -0.146. The van der Waals surface area contributed by atoms with Crippen molar-refractivity contribution in [2.24, 2.45) is 0 Å². The maximum Gasteiger partial charge on any atom is 0.230 e. The highest BCUT2D eigenvalue weighted by Gasteiger charge is 2.10. The largest absolute Gasteiger partial charge is 0.285 e. The van der Waals surface area contributed by atoms with Gasteiger partial charge in [-0.2, -0.15) is 0 Å². The molecule has 0 unspecified atom stereocenters. The van der Waals surface area contributed by atoms with Crippen LogP contribution in [-0.4, -0.2) is 15.8 Å².